The van der Waals surface area contributed by atoms with Crippen LogP contribution in [0, 0.1) is 18.3 Å². The van der Waals surface area contributed by atoms with Gasteiger partial charge in [-0.2, -0.15) is 5.26 Å². The van der Waals surface area contributed by atoms with Crippen molar-refractivity contribution in [3.05, 3.63) is 95.8 Å². The lowest BCUT2D eigenvalue weighted by atomic mass is 10.2. The summed E-state index contributed by atoms with van der Waals surface area (Å²) in [7, 11) is 0. The molecule has 0 aliphatic heterocycles. The quantitative estimate of drug-likeness (QED) is 0.485. The van der Waals surface area contributed by atoms with Gasteiger partial charge in [0.1, 0.15) is 17.7 Å². The third kappa shape index (κ3) is 5.30. The third-order valence-electron chi connectivity index (χ3n) is 5.12. The summed E-state index contributed by atoms with van der Waals surface area (Å²) in [6.07, 6.45) is 3.83. The monoisotopic (exact) mass is 429 g/mol. The van der Waals surface area contributed by atoms with Crippen molar-refractivity contribution in [3.8, 4) is 17.5 Å². The maximum Gasteiger partial charge on any atom is 0.141 e. The van der Waals surface area contributed by atoms with Gasteiger partial charge in [-0.05, 0) is 19.4 Å². The first kappa shape index (κ1) is 22.9. The lowest BCUT2D eigenvalue weighted by molar-refractivity contribution is 0.249. The van der Waals surface area contributed by atoms with Gasteiger partial charge in [0.15, 0.2) is 0 Å². The van der Waals surface area contributed by atoms with Gasteiger partial charge < -0.3 is 19.3 Å². The van der Waals surface area contributed by atoms with Crippen molar-refractivity contribution in [1.29, 1.82) is 5.26 Å². The number of nitrogens with zero attached hydrogens (tertiary/aromatic N) is 5. The van der Waals surface area contributed by atoms with E-state index in [1.807, 2.05) is 55.7 Å². The molecule has 1 unspecified atom stereocenters. The van der Waals surface area contributed by atoms with Crippen LogP contribution in [0.25, 0.3) is 11.4 Å². The zero-order valence-corrected chi connectivity index (χ0v) is 18.3. The van der Waals surface area contributed by atoms with Crippen LogP contribution in [-0.4, -0.2) is 29.3 Å². The van der Waals surface area contributed by atoms with E-state index >= 15 is 0 Å². The summed E-state index contributed by atoms with van der Waals surface area (Å²) in [5, 5.41) is 27.9. The van der Waals surface area contributed by atoms with Crippen molar-refractivity contribution in [2.75, 3.05) is 0 Å². The van der Waals surface area contributed by atoms with Crippen LogP contribution in [0.1, 0.15) is 35.7 Å². The van der Waals surface area contributed by atoms with Gasteiger partial charge in [0.05, 0.1) is 30.7 Å². The first-order chi connectivity index (χ1) is 15.6. The van der Waals surface area contributed by atoms with Crippen molar-refractivity contribution in [2.45, 2.75) is 39.6 Å². The molecule has 2 aromatic heterocycles. The van der Waals surface area contributed by atoms with Crippen molar-refractivity contribution in [3.63, 3.8) is 0 Å². The van der Waals surface area contributed by atoms with E-state index in [1.165, 1.54) is 5.56 Å². The van der Waals surface area contributed by atoms with E-state index in [9.17, 15) is 10.2 Å². The van der Waals surface area contributed by atoms with Gasteiger partial charge in [0, 0.05) is 24.5 Å². The molecule has 7 heteroatoms. The molecule has 0 amide bonds. The average molecular weight is 430 g/mol. The molecule has 0 bridgehead atoms. The maximum atomic E-state index is 9.45. The van der Waals surface area contributed by atoms with Crippen LogP contribution in [0.3, 0.4) is 0 Å². The Bertz CT molecular complexity index is 1160. The van der Waals surface area contributed by atoms with Gasteiger partial charge in [-0.25, -0.2) is 9.97 Å². The van der Waals surface area contributed by atoms with Crippen molar-refractivity contribution < 1.29 is 10.2 Å². The van der Waals surface area contributed by atoms with Crippen LogP contribution in [0.2, 0.25) is 0 Å². The Balaban J connectivity index is 0.000000193. The number of hydrogen-bond donors (Lipinski definition) is 2. The first-order valence-corrected chi connectivity index (χ1v) is 10.4. The number of nitriles is 1. The Hall–Kier alpha value is -3.73. The Kier molecular flexibility index (Phi) is 7.92. The average Bonchev–Trinajstić information content (AvgIpc) is 3.43. The maximum absolute atomic E-state index is 9.45. The number of aromatic nitrogens is 4. The highest BCUT2D eigenvalue weighted by atomic mass is 16.3. The molecular formula is C25H27N5O2. The molecule has 0 saturated carbocycles. The van der Waals surface area contributed by atoms with Gasteiger partial charge in [0.25, 0.3) is 0 Å². The number of aliphatic hydroxyl groups excluding tert-OH is 2. The van der Waals surface area contributed by atoms with Crippen LogP contribution < -0.4 is 0 Å². The predicted molar refractivity (Wildman–Crippen MR) is 122 cm³/mol. The molecule has 0 spiro atoms. The molecule has 1 atom stereocenters. The highest BCUT2D eigenvalue weighted by Crippen LogP contribution is 2.26. The predicted octanol–water partition coefficient (Wildman–Crippen LogP) is 3.86. The van der Waals surface area contributed by atoms with E-state index in [0.717, 1.165) is 17.9 Å². The molecule has 32 heavy (non-hydrogen) atoms. The second-order valence-electron chi connectivity index (χ2n) is 7.27. The van der Waals surface area contributed by atoms with E-state index in [-0.39, 0.29) is 13.2 Å². The molecule has 2 N–H and O–H groups in total. The van der Waals surface area contributed by atoms with Crippen LogP contribution in [0.5, 0.6) is 0 Å². The molecule has 0 fully saturated rings. The summed E-state index contributed by atoms with van der Waals surface area (Å²) in [5.41, 5.74) is 3.04. The fourth-order valence-electron chi connectivity index (χ4n) is 3.42. The standard InChI is InChI=1S/C14H15N3O2.C11H12N2/c1-10(7-15)17-13(9-19)12(8-18)16-14(17)11-5-3-2-4-6-11;1-10-12-7-8-13(10)9-11-5-3-2-4-6-11/h2-6,10,18-19H,8-9H2,1H3;2-8H,9H2,1H3. The Labute approximate surface area is 187 Å². The summed E-state index contributed by atoms with van der Waals surface area (Å²) in [4.78, 5) is 8.52. The number of imidazole rings is 2. The van der Waals surface area contributed by atoms with E-state index < -0.39 is 6.04 Å². The number of aryl methyl sites for hydroxylation is 1. The highest BCUT2D eigenvalue weighted by Gasteiger charge is 2.20. The normalized spacial score (nSPS) is 11.3. The zero-order valence-electron chi connectivity index (χ0n) is 18.3. The van der Waals surface area contributed by atoms with Crippen LogP contribution in [0.4, 0.5) is 0 Å². The molecule has 7 nitrogen and oxygen atoms in total. The number of benzene rings is 2. The van der Waals surface area contributed by atoms with Crippen molar-refractivity contribution >= 4 is 0 Å². The first-order valence-electron chi connectivity index (χ1n) is 10.4. The fourth-order valence-corrected chi connectivity index (χ4v) is 3.42. The van der Waals surface area contributed by atoms with Gasteiger partial charge in [0.2, 0.25) is 0 Å². The molecule has 4 aromatic rings. The van der Waals surface area contributed by atoms with Gasteiger partial charge in [-0.1, -0.05) is 60.7 Å². The molecule has 2 aromatic carbocycles. The fraction of sp³-hybridized carbons (Fsp3) is 0.240. The topological polar surface area (TPSA) is 99.9 Å². The summed E-state index contributed by atoms with van der Waals surface area (Å²) in [6, 6.07) is 21.5. The zero-order chi connectivity index (χ0) is 22.9. The molecule has 0 aliphatic carbocycles. The van der Waals surface area contributed by atoms with E-state index in [0.29, 0.717) is 17.2 Å². The third-order valence-corrected chi connectivity index (χ3v) is 5.12. The Morgan fingerprint density at radius 1 is 1.00 bits per heavy atom. The summed E-state index contributed by atoms with van der Waals surface area (Å²) in [5.74, 6) is 1.65. The Morgan fingerprint density at radius 3 is 2.19 bits per heavy atom. The van der Waals surface area contributed by atoms with Gasteiger partial charge >= 0.3 is 0 Å². The molecule has 0 radical (unpaired) electrons. The lowest BCUT2D eigenvalue weighted by Gasteiger charge is -2.13. The molecule has 0 aliphatic rings. The van der Waals surface area contributed by atoms with Crippen molar-refractivity contribution in [2.24, 2.45) is 0 Å². The molecule has 0 saturated heterocycles. The lowest BCUT2D eigenvalue weighted by Crippen LogP contribution is -2.09. The summed E-state index contributed by atoms with van der Waals surface area (Å²) >= 11 is 0. The number of aliphatic hydroxyl groups is 2. The van der Waals surface area contributed by atoms with Gasteiger partial charge in [-0.3, -0.25) is 0 Å². The summed E-state index contributed by atoms with van der Waals surface area (Å²) < 4.78 is 3.80. The molecule has 2 heterocycles. The van der Waals surface area contributed by atoms with Crippen LogP contribution in [-0.2, 0) is 19.8 Å². The molecule has 164 valence electrons. The smallest absolute Gasteiger partial charge is 0.141 e. The SMILES string of the molecule is CC(C#N)n1c(-c2ccccc2)nc(CO)c1CO.Cc1nccn1Cc1ccccc1. The minimum atomic E-state index is -0.467. The molecule has 4 rings (SSSR count). The Morgan fingerprint density at radius 2 is 1.66 bits per heavy atom. The van der Waals surface area contributed by atoms with E-state index in [1.54, 1.807) is 11.5 Å². The van der Waals surface area contributed by atoms with Crippen LogP contribution >= 0.6 is 0 Å². The number of rotatable bonds is 6. The van der Waals surface area contributed by atoms with Crippen molar-refractivity contribution in [1.82, 2.24) is 19.1 Å². The second kappa shape index (κ2) is 11.0. The molecular weight excluding hydrogens is 402 g/mol. The largest absolute Gasteiger partial charge is 0.390 e. The van der Waals surface area contributed by atoms with E-state index in [2.05, 4.69) is 44.9 Å². The highest BCUT2D eigenvalue weighted by molar-refractivity contribution is 5.57. The summed E-state index contributed by atoms with van der Waals surface area (Å²) in [6.45, 7) is 4.13. The van der Waals surface area contributed by atoms with E-state index in [4.69, 9.17) is 5.26 Å². The van der Waals surface area contributed by atoms with Gasteiger partial charge in [-0.15, -0.1) is 0 Å². The second-order valence-corrected chi connectivity index (χ2v) is 7.27. The number of hydrogen-bond acceptors (Lipinski definition) is 5. The minimum absolute atomic E-state index is 0.262. The minimum Gasteiger partial charge on any atom is -0.390 e. The van der Waals surface area contributed by atoms with Crippen LogP contribution in [0.15, 0.2) is 73.1 Å².